The van der Waals surface area contributed by atoms with Crippen LogP contribution >= 0.6 is 0 Å². The van der Waals surface area contributed by atoms with Crippen molar-refractivity contribution in [3.63, 3.8) is 0 Å². The van der Waals surface area contributed by atoms with Crippen LogP contribution in [0.15, 0.2) is 17.1 Å². The molecule has 1 saturated carbocycles. The van der Waals surface area contributed by atoms with Gasteiger partial charge in [0.05, 0.1) is 17.5 Å². The van der Waals surface area contributed by atoms with Crippen LogP contribution < -0.4 is 21.4 Å². The van der Waals surface area contributed by atoms with Crippen molar-refractivity contribution in [1.29, 1.82) is 0 Å². The SMILES string of the molecule is C[C@@H]1[C@@H](NC(=O)[C@@H](C)N)CN1c1nc2c(cc1F)c(=O)c(C(=O)O)cn2C1CC1. The van der Waals surface area contributed by atoms with E-state index in [0.29, 0.717) is 6.54 Å². The number of aromatic carboxylic acids is 1. The van der Waals surface area contributed by atoms with Gasteiger partial charge in [0.25, 0.3) is 0 Å². The number of hydrogen-bond acceptors (Lipinski definition) is 6. The van der Waals surface area contributed by atoms with E-state index in [9.17, 15) is 23.9 Å². The van der Waals surface area contributed by atoms with Gasteiger partial charge in [-0.25, -0.2) is 14.2 Å². The molecular weight excluding hydrogens is 381 g/mol. The van der Waals surface area contributed by atoms with E-state index in [1.165, 1.54) is 6.20 Å². The summed E-state index contributed by atoms with van der Waals surface area (Å²) >= 11 is 0. The van der Waals surface area contributed by atoms with Gasteiger partial charge in [0.15, 0.2) is 11.6 Å². The normalized spacial score (nSPS) is 22.3. The number of fused-ring (bicyclic) bond motifs is 1. The molecule has 29 heavy (non-hydrogen) atoms. The van der Waals surface area contributed by atoms with Gasteiger partial charge in [0, 0.05) is 24.8 Å². The number of pyridine rings is 2. The van der Waals surface area contributed by atoms with Crippen molar-refractivity contribution < 1.29 is 19.1 Å². The van der Waals surface area contributed by atoms with Crippen molar-refractivity contribution in [3.8, 4) is 0 Å². The molecule has 3 atom stereocenters. The Bertz CT molecular complexity index is 1080. The summed E-state index contributed by atoms with van der Waals surface area (Å²) in [7, 11) is 0. The number of anilines is 1. The maximum atomic E-state index is 14.8. The number of rotatable bonds is 5. The second-order valence-electron chi connectivity index (χ2n) is 7.78. The lowest BCUT2D eigenvalue weighted by Crippen LogP contribution is -2.67. The Hall–Kier alpha value is -3.01. The standard InChI is InChI=1S/C19H22FN5O4/c1-8(21)18(27)22-14-7-24(9(14)2)17-13(20)5-11-15(26)12(19(28)29)6-25(10-3-4-10)16(11)23-17/h5-6,8-10,14H,3-4,7,21H2,1-2H3,(H,22,27)(H,28,29)/t8-,9-,14+/m1/s1. The highest BCUT2D eigenvalue weighted by Crippen LogP contribution is 2.37. The summed E-state index contributed by atoms with van der Waals surface area (Å²) in [6.07, 6.45) is 2.98. The highest BCUT2D eigenvalue weighted by molar-refractivity contribution is 5.92. The third-order valence-corrected chi connectivity index (χ3v) is 5.59. The van der Waals surface area contributed by atoms with Crippen LogP contribution in [-0.2, 0) is 4.79 Å². The smallest absolute Gasteiger partial charge is 0.341 e. The molecular formula is C19H22FN5O4. The number of nitrogens with one attached hydrogen (secondary N) is 1. The number of halogens is 1. The zero-order chi connectivity index (χ0) is 21.0. The molecule has 9 nitrogen and oxygen atoms in total. The van der Waals surface area contributed by atoms with Crippen molar-refractivity contribution in [3.05, 3.63) is 33.9 Å². The van der Waals surface area contributed by atoms with Gasteiger partial charge in [-0.1, -0.05) is 0 Å². The van der Waals surface area contributed by atoms with Crippen molar-refractivity contribution in [2.75, 3.05) is 11.4 Å². The fourth-order valence-corrected chi connectivity index (χ4v) is 3.59. The Balaban J connectivity index is 1.72. The number of aromatic nitrogens is 2. The van der Waals surface area contributed by atoms with E-state index in [-0.39, 0.29) is 40.9 Å². The van der Waals surface area contributed by atoms with Gasteiger partial charge in [-0.2, -0.15) is 0 Å². The summed E-state index contributed by atoms with van der Waals surface area (Å²) in [6, 6.07) is 0.0744. The average Bonchev–Trinajstić information content (AvgIpc) is 3.49. The predicted octanol–water partition coefficient (Wildman–Crippen LogP) is 0.609. The molecule has 10 heteroatoms. The van der Waals surface area contributed by atoms with Crippen molar-refractivity contribution in [2.24, 2.45) is 5.73 Å². The first kappa shape index (κ1) is 19.3. The summed E-state index contributed by atoms with van der Waals surface area (Å²) in [5.74, 6) is -2.26. The quantitative estimate of drug-likeness (QED) is 0.667. The van der Waals surface area contributed by atoms with Gasteiger partial charge in [0.2, 0.25) is 11.3 Å². The number of nitrogens with two attached hydrogens (primary N) is 1. The molecule has 1 aliphatic heterocycles. The Labute approximate surface area is 165 Å². The molecule has 2 aromatic heterocycles. The predicted molar refractivity (Wildman–Crippen MR) is 104 cm³/mol. The zero-order valence-electron chi connectivity index (χ0n) is 16.1. The number of nitrogens with zero attached hydrogens (tertiary/aromatic N) is 3. The minimum absolute atomic E-state index is 0.0481. The molecule has 0 spiro atoms. The van der Waals surface area contributed by atoms with Gasteiger partial charge in [-0.3, -0.25) is 9.59 Å². The fraction of sp³-hybridized carbons (Fsp3) is 0.474. The fourth-order valence-electron chi connectivity index (χ4n) is 3.59. The van der Waals surface area contributed by atoms with Gasteiger partial charge in [0.1, 0.15) is 11.2 Å². The summed E-state index contributed by atoms with van der Waals surface area (Å²) in [5, 5.41) is 12.1. The Morgan fingerprint density at radius 1 is 1.41 bits per heavy atom. The van der Waals surface area contributed by atoms with Crippen LogP contribution in [-0.4, -0.2) is 51.2 Å². The summed E-state index contributed by atoms with van der Waals surface area (Å²) in [6.45, 7) is 3.78. The zero-order valence-corrected chi connectivity index (χ0v) is 16.1. The minimum atomic E-state index is -1.35. The van der Waals surface area contributed by atoms with Crippen LogP contribution in [0.2, 0.25) is 0 Å². The molecule has 1 amide bonds. The molecule has 0 unspecified atom stereocenters. The van der Waals surface area contributed by atoms with Crippen molar-refractivity contribution >= 4 is 28.7 Å². The first-order valence-electron chi connectivity index (χ1n) is 9.50. The Kier molecular flexibility index (Phi) is 4.53. The molecule has 1 saturated heterocycles. The van der Waals surface area contributed by atoms with Gasteiger partial charge in [-0.15, -0.1) is 0 Å². The molecule has 2 aliphatic rings. The van der Waals surface area contributed by atoms with Crippen molar-refractivity contribution in [1.82, 2.24) is 14.9 Å². The van der Waals surface area contributed by atoms with Crippen LogP contribution in [0.4, 0.5) is 10.2 Å². The van der Waals surface area contributed by atoms with Crippen LogP contribution in [0, 0.1) is 5.82 Å². The van der Waals surface area contributed by atoms with Gasteiger partial charge < -0.3 is 25.6 Å². The molecule has 0 radical (unpaired) electrons. The number of amides is 1. The van der Waals surface area contributed by atoms with Crippen LogP contribution in [0.25, 0.3) is 11.0 Å². The summed E-state index contributed by atoms with van der Waals surface area (Å²) in [5.41, 5.74) is 4.70. The van der Waals surface area contributed by atoms with E-state index in [1.54, 1.807) is 16.4 Å². The van der Waals surface area contributed by atoms with E-state index >= 15 is 0 Å². The molecule has 4 rings (SSSR count). The van der Waals surface area contributed by atoms with E-state index in [4.69, 9.17) is 5.73 Å². The monoisotopic (exact) mass is 403 g/mol. The molecule has 1 aliphatic carbocycles. The minimum Gasteiger partial charge on any atom is -0.477 e. The number of carboxylic acids is 1. The lowest BCUT2D eigenvalue weighted by molar-refractivity contribution is -0.123. The topological polar surface area (TPSA) is 131 Å². The van der Waals surface area contributed by atoms with E-state index < -0.39 is 28.8 Å². The maximum absolute atomic E-state index is 14.8. The number of carbonyl (C=O) groups excluding carboxylic acids is 1. The summed E-state index contributed by atoms with van der Waals surface area (Å²) in [4.78, 5) is 41.8. The second-order valence-corrected chi connectivity index (χ2v) is 7.78. The van der Waals surface area contributed by atoms with Gasteiger partial charge >= 0.3 is 5.97 Å². The lowest BCUT2D eigenvalue weighted by atomic mass is 9.97. The molecule has 2 fully saturated rings. The first-order chi connectivity index (χ1) is 13.7. The van der Waals surface area contributed by atoms with E-state index in [0.717, 1.165) is 18.9 Å². The average molecular weight is 403 g/mol. The Morgan fingerprint density at radius 2 is 2.10 bits per heavy atom. The third-order valence-electron chi connectivity index (χ3n) is 5.59. The van der Waals surface area contributed by atoms with Crippen molar-refractivity contribution in [2.45, 2.75) is 50.9 Å². The lowest BCUT2D eigenvalue weighted by Gasteiger charge is -2.47. The van der Waals surface area contributed by atoms with Crippen LogP contribution in [0.5, 0.6) is 0 Å². The van der Waals surface area contributed by atoms with E-state index in [2.05, 4.69) is 10.3 Å². The number of hydrogen-bond donors (Lipinski definition) is 3. The highest BCUT2D eigenvalue weighted by atomic mass is 19.1. The Morgan fingerprint density at radius 3 is 2.66 bits per heavy atom. The van der Waals surface area contributed by atoms with E-state index in [1.807, 2.05) is 6.92 Å². The molecule has 4 N–H and O–H groups in total. The first-order valence-corrected chi connectivity index (χ1v) is 9.50. The molecule has 154 valence electrons. The molecule has 0 bridgehead atoms. The number of carboxylic acid groups (broad SMARTS) is 1. The summed E-state index contributed by atoms with van der Waals surface area (Å²) < 4.78 is 16.5. The van der Waals surface area contributed by atoms with Gasteiger partial charge in [-0.05, 0) is 32.8 Å². The molecule has 2 aromatic rings. The largest absolute Gasteiger partial charge is 0.477 e. The molecule has 3 heterocycles. The number of carbonyl (C=O) groups is 2. The third kappa shape index (κ3) is 3.23. The maximum Gasteiger partial charge on any atom is 0.341 e. The van der Waals surface area contributed by atoms with Crippen LogP contribution in [0.3, 0.4) is 0 Å². The highest BCUT2D eigenvalue weighted by Gasteiger charge is 2.39. The molecule has 0 aromatic carbocycles. The second kappa shape index (κ2) is 6.80. The van der Waals surface area contributed by atoms with Crippen LogP contribution in [0.1, 0.15) is 43.1 Å².